The molecule has 4 nitrogen and oxygen atoms in total. The van der Waals surface area contributed by atoms with Gasteiger partial charge in [-0.3, -0.25) is 0 Å². The van der Waals surface area contributed by atoms with E-state index < -0.39 is 6.61 Å². The number of alkyl halides is 2. The summed E-state index contributed by atoms with van der Waals surface area (Å²) in [5, 5.41) is 0. The van der Waals surface area contributed by atoms with Crippen molar-refractivity contribution in [3.8, 4) is 5.75 Å². The Morgan fingerprint density at radius 2 is 2.21 bits per heavy atom. The van der Waals surface area contributed by atoms with Gasteiger partial charge < -0.3 is 15.5 Å². The number of imidazole rings is 1. The fraction of sp³-hybridized carbons (Fsp3) is 0.125. The Hall–Kier alpha value is -1.85. The van der Waals surface area contributed by atoms with Gasteiger partial charge in [0.1, 0.15) is 5.52 Å². The zero-order chi connectivity index (χ0) is 10.1. The molecule has 0 fully saturated rings. The lowest BCUT2D eigenvalue weighted by atomic mass is 10.3. The molecule has 1 aromatic heterocycles. The van der Waals surface area contributed by atoms with E-state index >= 15 is 0 Å². The minimum absolute atomic E-state index is 0.0189. The van der Waals surface area contributed by atoms with Gasteiger partial charge in [-0.1, -0.05) is 6.07 Å². The summed E-state index contributed by atoms with van der Waals surface area (Å²) in [5.74, 6) is 0.191. The molecule has 0 unspecified atom stereocenters. The Morgan fingerprint density at radius 3 is 2.93 bits per heavy atom. The van der Waals surface area contributed by atoms with E-state index in [1.807, 2.05) is 0 Å². The number of aromatic amines is 1. The molecule has 0 atom stereocenters. The predicted octanol–water partition coefficient (Wildman–Crippen LogP) is 1.75. The van der Waals surface area contributed by atoms with Crippen LogP contribution in [0.3, 0.4) is 0 Å². The van der Waals surface area contributed by atoms with Crippen LogP contribution in [0.2, 0.25) is 0 Å². The Labute approximate surface area is 77.7 Å². The number of rotatable bonds is 2. The molecule has 2 aromatic rings. The van der Waals surface area contributed by atoms with Crippen LogP contribution in [0.5, 0.6) is 5.75 Å². The number of nitrogen functional groups attached to an aromatic ring is 1. The van der Waals surface area contributed by atoms with Crippen molar-refractivity contribution in [1.29, 1.82) is 0 Å². The van der Waals surface area contributed by atoms with Crippen molar-refractivity contribution >= 4 is 17.0 Å². The molecule has 0 amide bonds. The summed E-state index contributed by atoms with van der Waals surface area (Å²) < 4.78 is 28.2. The second-order valence-electron chi connectivity index (χ2n) is 2.65. The van der Waals surface area contributed by atoms with Crippen molar-refractivity contribution in [3.63, 3.8) is 0 Å². The monoisotopic (exact) mass is 199 g/mol. The summed E-state index contributed by atoms with van der Waals surface area (Å²) in [4.78, 5) is 6.54. The Kier molecular flexibility index (Phi) is 1.95. The first-order valence-electron chi connectivity index (χ1n) is 3.86. The lowest BCUT2D eigenvalue weighted by Crippen LogP contribution is -2.02. The molecule has 0 bridgehead atoms. The molecule has 6 heteroatoms. The number of nitrogens with one attached hydrogen (secondary N) is 1. The van der Waals surface area contributed by atoms with Crippen molar-refractivity contribution in [1.82, 2.24) is 9.97 Å². The third kappa shape index (κ3) is 1.46. The van der Waals surface area contributed by atoms with Gasteiger partial charge in [0.05, 0.1) is 5.52 Å². The number of halogens is 2. The average molecular weight is 199 g/mol. The average Bonchev–Trinajstić information content (AvgIpc) is 2.45. The highest BCUT2D eigenvalue weighted by atomic mass is 19.3. The van der Waals surface area contributed by atoms with E-state index in [0.717, 1.165) is 0 Å². The second-order valence-corrected chi connectivity index (χ2v) is 2.65. The number of hydrogen-bond acceptors (Lipinski definition) is 3. The van der Waals surface area contributed by atoms with Gasteiger partial charge in [0, 0.05) is 0 Å². The minimum atomic E-state index is -2.86. The van der Waals surface area contributed by atoms with Crippen LogP contribution in [0, 0.1) is 0 Å². The highest BCUT2D eigenvalue weighted by Gasteiger charge is 2.10. The molecule has 74 valence electrons. The molecule has 2 rings (SSSR count). The van der Waals surface area contributed by atoms with Crippen molar-refractivity contribution < 1.29 is 13.5 Å². The molecule has 0 aliphatic carbocycles. The largest absolute Gasteiger partial charge is 0.432 e. The van der Waals surface area contributed by atoms with Crippen LogP contribution < -0.4 is 10.5 Å². The van der Waals surface area contributed by atoms with Crippen LogP contribution in [0.15, 0.2) is 18.2 Å². The Bertz CT molecular complexity index is 455. The van der Waals surface area contributed by atoms with E-state index in [1.165, 1.54) is 6.07 Å². The van der Waals surface area contributed by atoms with Gasteiger partial charge in [-0.05, 0) is 12.1 Å². The third-order valence-corrected chi connectivity index (χ3v) is 1.71. The van der Waals surface area contributed by atoms with Gasteiger partial charge in [0.25, 0.3) is 0 Å². The van der Waals surface area contributed by atoms with E-state index in [2.05, 4.69) is 14.7 Å². The lowest BCUT2D eigenvalue weighted by molar-refractivity contribution is -0.0489. The first-order chi connectivity index (χ1) is 6.66. The van der Waals surface area contributed by atoms with Crippen molar-refractivity contribution in [2.24, 2.45) is 0 Å². The fourth-order valence-electron chi connectivity index (χ4n) is 1.22. The molecule has 0 saturated heterocycles. The van der Waals surface area contributed by atoms with E-state index in [-0.39, 0.29) is 11.7 Å². The SMILES string of the molecule is Nc1nc2c(OC(F)F)cccc2[nH]1. The summed E-state index contributed by atoms with van der Waals surface area (Å²) >= 11 is 0. The van der Waals surface area contributed by atoms with Crippen molar-refractivity contribution in [2.75, 3.05) is 5.73 Å². The molecule has 0 aliphatic rings. The molecule has 3 N–H and O–H groups in total. The maximum Gasteiger partial charge on any atom is 0.387 e. The van der Waals surface area contributed by atoms with Crippen LogP contribution in [0.1, 0.15) is 0 Å². The molecule has 1 aromatic carbocycles. The van der Waals surface area contributed by atoms with Crippen LogP contribution in [-0.4, -0.2) is 16.6 Å². The number of fused-ring (bicyclic) bond motifs is 1. The summed E-state index contributed by atoms with van der Waals surface area (Å²) in [6.07, 6.45) is 0. The van der Waals surface area contributed by atoms with Crippen LogP contribution in [-0.2, 0) is 0 Å². The van der Waals surface area contributed by atoms with Crippen LogP contribution in [0.25, 0.3) is 11.0 Å². The fourth-order valence-corrected chi connectivity index (χ4v) is 1.22. The highest BCUT2D eigenvalue weighted by molar-refractivity contribution is 5.83. The van der Waals surface area contributed by atoms with Crippen molar-refractivity contribution in [3.05, 3.63) is 18.2 Å². The normalized spacial score (nSPS) is 11.1. The molecule has 14 heavy (non-hydrogen) atoms. The van der Waals surface area contributed by atoms with E-state index in [9.17, 15) is 8.78 Å². The zero-order valence-corrected chi connectivity index (χ0v) is 7.00. The van der Waals surface area contributed by atoms with Gasteiger partial charge in [-0.25, -0.2) is 4.98 Å². The molecule has 0 spiro atoms. The first-order valence-corrected chi connectivity index (χ1v) is 3.86. The van der Waals surface area contributed by atoms with Gasteiger partial charge in [0.15, 0.2) is 11.7 Å². The predicted molar refractivity (Wildman–Crippen MR) is 47.1 cm³/mol. The first kappa shape index (κ1) is 8.74. The van der Waals surface area contributed by atoms with Crippen LogP contribution >= 0.6 is 0 Å². The quantitative estimate of drug-likeness (QED) is 0.774. The topological polar surface area (TPSA) is 63.9 Å². The maximum atomic E-state index is 12.0. The van der Waals surface area contributed by atoms with Gasteiger partial charge >= 0.3 is 6.61 Å². The summed E-state index contributed by atoms with van der Waals surface area (Å²) in [7, 11) is 0. The van der Waals surface area contributed by atoms with E-state index in [1.54, 1.807) is 12.1 Å². The molecule has 0 radical (unpaired) electrons. The lowest BCUT2D eigenvalue weighted by Gasteiger charge is -2.03. The summed E-state index contributed by atoms with van der Waals surface area (Å²) in [5.41, 5.74) is 6.26. The molecular weight excluding hydrogens is 192 g/mol. The number of benzene rings is 1. The number of anilines is 1. The van der Waals surface area contributed by atoms with Gasteiger partial charge in [-0.15, -0.1) is 0 Å². The Balaban J connectivity index is 2.53. The van der Waals surface area contributed by atoms with Crippen molar-refractivity contribution in [2.45, 2.75) is 6.61 Å². The second kappa shape index (κ2) is 3.13. The van der Waals surface area contributed by atoms with Crippen LogP contribution in [0.4, 0.5) is 14.7 Å². The number of para-hydroxylation sites is 1. The third-order valence-electron chi connectivity index (χ3n) is 1.71. The van der Waals surface area contributed by atoms with E-state index in [4.69, 9.17) is 5.73 Å². The molecule has 0 saturated carbocycles. The molecule has 1 heterocycles. The summed E-state index contributed by atoms with van der Waals surface area (Å²) in [6.45, 7) is -2.86. The number of H-pyrrole nitrogens is 1. The number of nitrogens with two attached hydrogens (primary N) is 1. The van der Waals surface area contributed by atoms with E-state index in [0.29, 0.717) is 11.0 Å². The zero-order valence-electron chi connectivity index (χ0n) is 7.00. The smallest absolute Gasteiger partial charge is 0.387 e. The number of aromatic nitrogens is 2. The number of ether oxygens (including phenoxy) is 1. The standard InChI is InChI=1S/C8H7F2N3O/c9-7(10)14-5-3-1-2-4-6(5)13-8(11)12-4/h1-3,7H,(H3,11,12,13). The maximum absolute atomic E-state index is 12.0. The molecule has 0 aliphatic heterocycles. The Morgan fingerprint density at radius 1 is 1.43 bits per heavy atom. The summed E-state index contributed by atoms with van der Waals surface area (Å²) in [6, 6.07) is 4.67. The minimum Gasteiger partial charge on any atom is -0.432 e. The van der Waals surface area contributed by atoms with Gasteiger partial charge in [-0.2, -0.15) is 8.78 Å². The number of hydrogen-bond donors (Lipinski definition) is 2. The highest BCUT2D eigenvalue weighted by Crippen LogP contribution is 2.25. The van der Waals surface area contributed by atoms with Gasteiger partial charge in [0.2, 0.25) is 0 Å². The number of nitrogens with zero attached hydrogens (tertiary/aromatic N) is 1. The molecular formula is C8H7F2N3O.